The van der Waals surface area contributed by atoms with E-state index in [9.17, 15) is 0 Å². The topological polar surface area (TPSA) is 76.3 Å². The summed E-state index contributed by atoms with van der Waals surface area (Å²) >= 11 is 0. The molecule has 0 radical (unpaired) electrons. The predicted octanol–water partition coefficient (Wildman–Crippen LogP) is 0.932. The third-order valence-electron chi connectivity index (χ3n) is 2.55. The molecule has 96 valence electrons. The van der Waals surface area contributed by atoms with Gasteiger partial charge in [-0.2, -0.15) is 0 Å². The molecule has 6 nitrogen and oxygen atoms in total. The largest absolute Gasteiger partial charge is 0.383 e. The van der Waals surface area contributed by atoms with E-state index in [1.165, 1.54) is 0 Å². The first-order valence-electron chi connectivity index (χ1n) is 5.70. The number of aromatic nitrogens is 2. The number of nitrogens with one attached hydrogen (secondary N) is 1. The fourth-order valence-electron chi connectivity index (χ4n) is 1.80. The van der Waals surface area contributed by atoms with Crippen LogP contribution in [0.3, 0.4) is 0 Å². The van der Waals surface area contributed by atoms with Crippen LogP contribution in [-0.4, -0.2) is 36.3 Å². The first kappa shape index (κ1) is 13.7. The molecule has 0 aliphatic carbocycles. The van der Waals surface area contributed by atoms with Crippen LogP contribution in [0.1, 0.15) is 19.7 Å². The number of nitrogens with zero attached hydrogens (tertiary/aromatic N) is 3. The molecule has 0 aliphatic heterocycles. The maximum atomic E-state index is 5.38. The van der Waals surface area contributed by atoms with E-state index in [1.54, 1.807) is 7.11 Å². The zero-order chi connectivity index (χ0) is 12.8. The van der Waals surface area contributed by atoms with Crippen LogP contribution in [-0.2, 0) is 4.74 Å². The summed E-state index contributed by atoms with van der Waals surface area (Å²) in [6.45, 7) is 7.53. The molecule has 3 N–H and O–H groups in total. The standard InChI is InChI=1S/C11H21N5O/c1-5-16(8(2)7-17-4)11-6-10(15-12)13-9(3)14-11/h6,8H,5,7,12H2,1-4H3,(H,13,14,15). The number of nitrogens with two attached hydrogens (primary N) is 1. The summed E-state index contributed by atoms with van der Waals surface area (Å²) in [5, 5.41) is 0. The summed E-state index contributed by atoms with van der Waals surface area (Å²) in [6, 6.07) is 2.09. The van der Waals surface area contributed by atoms with E-state index in [-0.39, 0.29) is 6.04 Å². The second-order valence-corrected chi connectivity index (χ2v) is 3.89. The molecule has 1 aromatic heterocycles. The average Bonchev–Trinajstić information content (AvgIpc) is 2.29. The number of anilines is 2. The highest BCUT2D eigenvalue weighted by atomic mass is 16.5. The van der Waals surface area contributed by atoms with E-state index >= 15 is 0 Å². The predicted molar refractivity (Wildman–Crippen MR) is 68.9 cm³/mol. The molecule has 1 rings (SSSR count). The van der Waals surface area contributed by atoms with Gasteiger partial charge in [0.25, 0.3) is 0 Å². The Morgan fingerprint density at radius 2 is 2.24 bits per heavy atom. The lowest BCUT2D eigenvalue weighted by atomic mass is 10.3. The Morgan fingerprint density at radius 3 is 2.76 bits per heavy atom. The maximum Gasteiger partial charge on any atom is 0.145 e. The second kappa shape index (κ2) is 6.36. The molecule has 0 fully saturated rings. The number of rotatable bonds is 6. The van der Waals surface area contributed by atoms with Gasteiger partial charge < -0.3 is 15.1 Å². The number of hydrogen-bond donors (Lipinski definition) is 2. The minimum Gasteiger partial charge on any atom is -0.383 e. The van der Waals surface area contributed by atoms with Crippen molar-refractivity contribution in [1.29, 1.82) is 0 Å². The fraction of sp³-hybridized carbons (Fsp3) is 0.636. The third-order valence-corrected chi connectivity index (χ3v) is 2.55. The molecule has 1 atom stereocenters. The van der Waals surface area contributed by atoms with Gasteiger partial charge in [-0.15, -0.1) is 0 Å². The molecule has 1 unspecified atom stereocenters. The van der Waals surface area contributed by atoms with Crippen molar-refractivity contribution in [2.45, 2.75) is 26.8 Å². The monoisotopic (exact) mass is 239 g/mol. The van der Waals surface area contributed by atoms with Crippen LogP contribution in [0, 0.1) is 6.92 Å². The van der Waals surface area contributed by atoms with Gasteiger partial charge in [0.05, 0.1) is 12.6 Å². The van der Waals surface area contributed by atoms with Gasteiger partial charge >= 0.3 is 0 Å². The molecule has 17 heavy (non-hydrogen) atoms. The number of aryl methyl sites for hydroxylation is 1. The van der Waals surface area contributed by atoms with E-state index in [2.05, 4.69) is 34.1 Å². The number of hydrazine groups is 1. The molecule has 0 saturated heterocycles. The van der Waals surface area contributed by atoms with Crippen LogP contribution in [0.15, 0.2) is 6.07 Å². The van der Waals surface area contributed by atoms with Crippen molar-refractivity contribution in [2.75, 3.05) is 30.6 Å². The van der Waals surface area contributed by atoms with Crippen molar-refractivity contribution in [3.05, 3.63) is 11.9 Å². The summed E-state index contributed by atoms with van der Waals surface area (Å²) in [4.78, 5) is 10.7. The normalized spacial score (nSPS) is 12.3. The Hall–Kier alpha value is -1.40. The quantitative estimate of drug-likeness (QED) is 0.568. The van der Waals surface area contributed by atoms with E-state index in [0.29, 0.717) is 18.2 Å². The van der Waals surface area contributed by atoms with Gasteiger partial charge in [0, 0.05) is 19.7 Å². The van der Waals surface area contributed by atoms with Crippen molar-refractivity contribution in [1.82, 2.24) is 9.97 Å². The van der Waals surface area contributed by atoms with Gasteiger partial charge in [-0.05, 0) is 20.8 Å². The minimum atomic E-state index is 0.255. The lowest BCUT2D eigenvalue weighted by molar-refractivity contribution is 0.181. The van der Waals surface area contributed by atoms with Crippen molar-refractivity contribution >= 4 is 11.6 Å². The number of hydrogen-bond acceptors (Lipinski definition) is 6. The van der Waals surface area contributed by atoms with E-state index in [1.807, 2.05) is 13.0 Å². The summed E-state index contributed by atoms with van der Waals surface area (Å²) in [7, 11) is 1.70. The third kappa shape index (κ3) is 3.54. The fourth-order valence-corrected chi connectivity index (χ4v) is 1.80. The molecule has 0 amide bonds. The van der Waals surface area contributed by atoms with Gasteiger partial charge in [-0.3, -0.25) is 0 Å². The number of nitrogen functional groups attached to an aromatic ring is 1. The van der Waals surface area contributed by atoms with Crippen molar-refractivity contribution in [2.24, 2.45) is 5.84 Å². The van der Waals surface area contributed by atoms with Crippen LogP contribution >= 0.6 is 0 Å². The summed E-state index contributed by atoms with van der Waals surface area (Å²) in [5.41, 5.74) is 2.55. The van der Waals surface area contributed by atoms with Crippen LogP contribution in [0.5, 0.6) is 0 Å². The lowest BCUT2D eigenvalue weighted by Gasteiger charge is -2.28. The molecule has 1 aromatic rings. The summed E-state index contributed by atoms with van der Waals surface area (Å²) in [6.07, 6.45) is 0. The molecule has 0 spiro atoms. The first-order chi connectivity index (χ1) is 8.12. The van der Waals surface area contributed by atoms with Gasteiger partial charge in [0.15, 0.2) is 0 Å². The Labute approximate surface area is 102 Å². The maximum absolute atomic E-state index is 5.38. The Kier molecular flexibility index (Phi) is 5.11. The average molecular weight is 239 g/mol. The molecular weight excluding hydrogens is 218 g/mol. The minimum absolute atomic E-state index is 0.255. The van der Waals surface area contributed by atoms with Gasteiger partial charge in [0.1, 0.15) is 17.5 Å². The van der Waals surface area contributed by atoms with Crippen LogP contribution in [0.4, 0.5) is 11.6 Å². The molecule has 0 bridgehead atoms. The van der Waals surface area contributed by atoms with E-state index < -0.39 is 0 Å². The van der Waals surface area contributed by atoms with Gasteiger partial charge in [-0.1, -0.05) is 0 Å². The Bertz CT molecular complexity index is 358. The smallest absolute Gasteiger partial charge is 0.145 e. The zero-order valence-electron chi connectivity index (χ0n) is 10.9. The van der Waals surface area contributed by atoms with E-state index in [4.69, 9.17) is 10.6 Å². The van der Waals surface area contributed by atoms with Crippen molar-refractivity contribution in [3.63, 3.8) is 0 Å². The van der Waals surface area contributed by atoms with Crippen molar-refractivity contribution < 1.29 is 4.74 Å². The van der Waals surface area contributed by atoms with E-state index in [0.717, 1.165) is 12.4 Å². The molecule has 1 heterocycles. The SMILES string of the molecule is CCN(c1cc(NN)nc(C)n1)C(C)COC. The van der Waals surface area contributed by atoms with Crippen LogP contribution < -0.4 is 16.2 Å². The zero-order valence-corrected chi connectivity index (χ0v) is 10.9. The summed E-state index contributed by atoms with van der Waals surface area (Å²) < 4.78 is 5.17. The van der Waals surface area contributed by atoms with Crippen LogP contribution in [0.2, 0.25) is 0 Å². The first-order valence-corrected chi connectivity index (χ1v) is 5.70. The molecule has 6 heteroatoms. The molecule has 0 aromatic carbocycles. The number of ether oxygens (including phenoxy) is 1. The van der Waals surface area contributed by atoms with Gasteiger partial charge in [-0.25, -0.2) is 15.8 Å². The number of likely N-dealkylation sites (N-methyl/N-ethyl adjacent to an activating group) is 1. The molecular formula is C11H21N5O. The number of methoxy groups -OCH3 is 1. The summed E-state index contributed by atoms with van der Waals surface area (Å²) in [5.74, 6) is 7.55. The highest BCUT2D eigenvalue weighted by molar-refractivity contribution is 5.49. The van der Waals surface area contributed by atoms with Crippen LogP contribution in [0.25, 0.3) is 0 Å². The highest BCUT2D eigenvalue weighted by Crippen LogP contribution is 2.17. The van der Waals surface area contributed by atoms with Crippen molar-refractivity contribution in [3.8, 4) is 0 Å². The van der Waals surface area contributed by atoms with Gasteiger partial charge in [0.2, 0.25) is 0 Å². The Morgan fingerprint density at radius 1 is 1.53 bits per heavy atom. The lowest BCUT2D eigenvalue weighted by Crippen LogP contribution is -2.37. The second-order valence-electron chi connectivity index (χ2n) is 3.89. The Balaban J connectivity index is 2.98. The highest BCUT2D eigenvalue weighted by Gasteiger charge is 2.15. The molecule has 0 saturated carbocycles. The molecule has 0 aliphatic rings.